The highest BCUT2D eigenvalue weighted by Gasteiger charge is 2.03. The number of benzene rings is 2. The van der Waals surface area contributed by atoms with E-state index >= 15 is 0 Å². The topological polar surface area (TPSA) is 69.7 Å². The molecule has 0 aliphatic rings. The molecule has 0 spiro atoms. The second-order valence-electron chi connectivity index (χ2n) is 4.23. The van der Waals surface area contributed by atoms with E-state index in [1.165, 1.54) is 7.11 Å². The molecule has 0 bridgehead atoms. The van der Waals surface area contributed by atoms with Crippen molar-refractivity contribution in [2.75, 3.05) is 7.11 Å². The first-order valence-corrected chi connectivity index (χ1v) is 6.43. The molecule has 0 amide bonds. The maximum atomic E-state index is 10.9. The smallest absolute Gasteiger partial charge is 0.345 e. The summed E-state index contributed by atoms with van der Waals surface area (Å²) in [4.78, 5) is 31.4. The van der Waals surface area contributed by atoms with E-state index in [1.807, 2.05) is 19.1 Å². The minimum atomic E-state index is -0.624. The summed E-state index contributed by atoms with van der Waals surface area (Å²) < 4.78 is 8.65. The molecule has 2 rings (SSSR count). The fourth-order valence-corrected chi connectivity index (χ4v) is 1.49. The van der Waals surface area contributed by atoms with Crippen LogP contribution in [0.1, 0.15) is 26.3 Å². The van der Waals surface area contributed by atoms with Gasteiger partial charge in [-0.2, -0.15) is 0 Å². The van der Waals surface area contributed by atoms with E-state index in [2.05, 4.69) is 9.47 Å². The molecule has 22 heavy (non-hydrogen) atoms. The summed E-state index contributed by atoms with van der Waals surface area (Å²) in [6, 6.07) is 15.6. The zero-order valence-corrected chi connectivity index (χ0v) is 12.3. The Morgan fingerprint density at radius 2 is 1.41 bits per heavy atom. The molecule has 114 valence electrons. The van der Waals surface area contributed by atoms with Crippen LogP contribution < -0.4 is 0 Å². The van der Waals surface area contributed by atoms with Crippen molar-refractivity contribution in [3.05, 3.63) is 71.3 Å². The van der Waals surface area contributed by atoms with Crippen LogP contribution in [-0.2, 0) is 14.3 Å². The van der Waals surface area contributed by atoms with Crippen LogP contribution in [0.4, 0.5) is 0 Å². The molecule has 0 fully saturated rings. The van der Waals surface area contributed by atoms with Gasteiger partial charge >= 0.3 is 18.4 Å². The average Bonchev–Trinajstić information content (AvgIpc) is 2.56. The average molecular weight is 300 g/mol. The highest BCUT2D eigenvalue weighted by atomic mass is 16.6. The second-order valence-corrected chi connectivity index (χ2v) is 4.23. The van der Waals surface area contributed by atoms with Gasteiger partial charge in [0.15, 0.2) is 0 Å². The zero-order valence-electron chi connectivity index (χ0n) is 12.3. The van der Waals surface area contributed by atoms with Gasteiger partial charge in [0.1, 0.15) is 0 Å². The van der Waals surface area contributed by atoms with Crippen LogP contribution in [0.15, 0.2) is 54.6 Å². The number of hydrogen-bond acceptors (Lipinski definition) is 5. The van der Waals surface area contributed by atoms with Crippen molar-refractivity contribution in [3.63, 3.8) is 0 Å². The molecule has 0 saturated heterocycles. The maximum Gasteiger partial charge on any atom is 0.345 e. The van der Waals surface area contributed by atoms with Crippen molar-refractivity contribution >= 4 is 18.4 Å². The van der Waals surface area contributed by atoms with Gasteiger partial charge in [-0.3, -0.25) is 4.79 Å². The maximum absolute atomic E-state index is 10.9. The number of aryl methyl sites for hydroxylation is 1. The number of carbonyl (C=O) groups is 3. The van der Waals surface area contributed by atoms with E-state index < -0.39 is 5.97 Å². The number of carbonyl (C=O) groups excluding carboxylic acids is 3. The molecular formula is C17H16O5. The molecule has 0 radical (unpaired) electrons. The van der Waals surface area contributed by atoms with Crippen LogP contribution in [0.5, 0.6) is 0 Å². The highest BCUT2D eigenvalue weighted by molar-refractivity contribution is 5.92. The van der Waals surface area contributed by atoms with E-state index in [-0.39, 0.29) is 12.4 Å². The molecule has 2 aromatic rings. The third-order valence-corrected chi connectivity index (χ3v) is 2.64. The Morgan fingerprint density at radius 1 is 0.864 bits per heavy atom. The Morgan fingerprint density at radius 3 is 1.91 bits per heavy atom. The van der Waals surface area contributed by atoms with E-state index in [0.717, 1.165) is 5.56 Å². The normalized spacial score (nSPS) is 9.00. The minimum Gasteiger partial charge on any atom is -0.465 e. The third kappa shape index (κ3) is 5.58. The van der Waals surface area contributed by atoms with Crippen molar-refractivity contribution in [1.82, 2.24) is 0 Å². The van der Waals surface area contributed by atoms with Crippen LogP contribution >= 0.6 is 0 Å². The monoisotopic (exact) mass is 300 g/mol. The highest BCUT2D eigenvalue weighted by Crippen LogP contribution is 2.03. The quantitative estimate of drug-likeness (QED) is 0.495. The van der Waals surface area contributed by atoms with Gasteiger partial charge in [0.2, 0.25) is 0 Å². The molecule has 2 aromatic carbocycles. The second kappa shape index (κ2) is 9.07. The first-order valence-electron chi connectivity index (χ1n) is 6.43. The largest absolute Gasteiger partial charge is 0.465 e. The SMILES string of the molecule is COC(=O)c1ccc(C)cc1.O=COC(=O)c1ccccc1. The van der Waals surface area contributed by atoms with Crippen molar-refractivity contribution < 1.29 is 23.9 Å². The Labute approximate surface area is 128 Å². The minimum absolute atomic E-state index is 0.120. The van der Waals surface area contributed by atoms with E-state index in [0.29, 0.717) is 11.1 Å². The summed E-state index contributed by atoms with van der Waals surface area (Å²) in [5.41, 5.74) is 2.11. The van der Waals surface area contributed by atoms with Gasteiger partial charge in [0.05, 0.1) is 18.2 Å². The van der Waals surface area contributed by atoms with Gasteiger partial charge in [-0.05, 0) is 31.2 Å². The fourth-order valence-electron chi connectivity index (χ4n) is 1.49. The summed E-state index contributed by atoms with van der Waals surface area (Å²) in [5, 5.41) is 0. The number of hydrogen-bond donors (Lipinski definition) is 0. The molecule has 0 aliphatic carbocycles. The first-order chi connectivity index (χ1) is 10.6. The molecule has 0 aliphatic heterocycles. The lowest BCUT2D eigenvalue weighted by Gasteiger charge is -1.97. The predicted molar refractivity (Wildman–Crippen MR) is 80.4 cm³/mol. The molecule has 0 saturated carbocycles. The van der Waals surface area contributed by atoms with Crippen LogP contribution in [-0.4, -0.2) is 25.5 Å². The Hall–Kier alpha value is -2.95. The summed E-state index contributed by atoms with van der Waals surface area (Å²) in [7, 11) is 1.38. The molecule has 0 aromatic heterocycles. The Kier molecular flexibility index (Phi) is 7.05. The van der Waals surface area contributed by atoms with Crippen LogP contribution in [0, 0.1) is 6.92 Å². The van der Waals surface area contributed by atoms with E-state index in [1.54, 1.807) is 42.5 Å². The lowest BCUT2D eigenvalue weighted by molar-refractivity contribution is -0.123. The van der Waals surface area contributed by atoms with E-state index in [4.69, 9.17) is 0 Å². The lowest BCUT2D eigenvalue weighted by atomic mass is 10.2. The summed E-state index contributed by atoms with van der Waals surface area (Å²) in [5.74, 6) is -0.911. The zero-order chi connectivity index (χ0) is 16.4. The van der Waals surface area contributed by atoms with Gasteiger partial charge < -0.3 is 9.47 Å². The molecule has 0 N–H and O–H groups in total. The Bertz CT molecular complexity index is 617. The number of methoxy groups -OCH3 is 1. The molecule has 5 heteroatoms. The molecule has 0 atom stereocenters. The molecule has 0 heterocycles. The summed E-state index contributed by atoms with van der Waals surface area (Å²) >= 11 is 0. The van der Waals surface area contributed by atoms with Gasteiger partial charge in [0.25, 0.3) is 0 Å². The molecular weight excluding hydrogens is 284 g/mol. The number of ether oxygens (including phenoxy) is 2. The van der Waals surface area contributed by atoms with Crippen molar-refractivity contribution in [3.8, 4) is 0 Å². The van der Waals surface area contributed by atoms with Gasteiger partial charge in [0, 0.05) is 0 Å². The summed E-state index contributed by atoms with van der Waals surface area (Å²) in [6.45, 7) is 2.09. The van der Waals surface area contributed by atoms with Crippen molar-refractivity contribution in [1.29, 1.82) is 0 Å². The summed E-state index contributed by atoms with van der Waals surface area (Å²) in [6.07, 6.45) is 0. The van der Waals surface area contributed by atoms with Crippen molar-refractivity contribution in [2.24, 2.45) is 0 Å². The van der Waals surface area contributed by atoms with Crippen molar-refractivity contribution in [2.45, 2.75) is 6.92 Å². The fraction of sp³-hybridized carbons (Fsp3) is 0.118. The first kappa shape index (κ1) is 17.1. The number of rotatable bonds is 3. The predicted octanol–water partition coefficient (Wildman–Crippen LogP) is 2.78. The number of esters is 2. The lowest BCUT2D eigenvalue weighted by Crippen LogP contribution is -2.02. The van der Waals surface area contributed by atoms with Crippen LogP contribution in [0.3, 0.4) is 0 Å². The molecule has 5 nitrogen and oxygen atoms in total. The van der Waals surface area contributed by atoms with Gasteiger partial charge in [-0.1, -0.05) is 35.9 Å². The van der Waals surface area contributed by atoms with Gasteiger partial charge in [-0.25, -0.2) is 9.59 Å². The standard InChI is InChI=1S/C9H10O2.C8H6O3/c1-7-3-5-8(6-4-7)9(10)11-2;9-6-11-8(10)7-4-2-1-3-5-7/h3-6H,1-2H3;1-6H. The third-order valence-electron chi connectivity index (χ3n) is 2.64. The molecule has 0 unspecified atom stereocenters. The van der Waals surface area contributed by atoms with Gasteiger partial charge in [-0.15, -0.1) is 0 Å². The van der Waals surface area contributed by atoms with E-state index in [9.17, 15) is 14.4 Å². The van der Waals surface area contributed by atoms with Crippen LogP contribution in [0.25, 0.3) is 0 Å². The Balaban J connectivity index is 0.000000220. The van der Waals surface area contributed by atoms with Crippen LogP contribution in [0.2, 0.25) is 0 Å².